The molecule has 1 aliphatic heterocycles. The number of aryl methyl sites for hydroxylation is 1. The highest BCUT2D eigenvalue weighted by atomic mass is 16.5. The van der Waals surface area contributed by atoms with Crippen LogP contribution in [0, 0.1) is 17.2 Å². The zero-order valence-electron chi connectivity index (χ0n) is 17.9. The van der Waals surface area contributed by atoms with Gasteiger partial charge in [-0.2, -0.15) is 5.26 Å². The van der Waals surface area contributed by atoms with Crippen LogP contribution in [0.5, 0.6) is 11.5 Å². The average molecular weight is 426 g/mol. The van der Waals surface area contributed by atoms with Crippen LogP contribution < -0.4 is 26.0 Å². The number of hydrogen-bond acceptors (Lipinski definition) is 6. The minimum absolute atomic E-state index is 0.0307. The molecule has 1 aliphatic rings. The number of carbonyl (C=O) groups is 1. The molecule has 3 rings (SSSR count). The van der Waals surface area contributed by atoms with Crippen molar-refractivity contribution in [1.29, 1.82) is 5.26 Å². The summed E-state index contributed by atoms with van der Waals surface area (Å²) in [6, 6.07) is 6.94. The van der Waals surface area contributed by atoms with Gasteiger partial charge in [-0.15, -0.1) is 0 Å². The fourth-order valence-electron chi connectivity index (χ4n) is 3.47. The lowest BCUT2D eigenvalue weighted by Crippen LogP contribution is -2.45. The number of nitrogens with zero attached hydrogens (tertiary/aromatic N) is 3. The van der Waals surface area contributed by atoms with Gasteiger partial charge in [0.05, 0.1) is 19.3 Å². The van der Waals surface area contributed by atoms with Crippen molar-refractivity contribution in [2.75, 3.05) is 13.2 Å². The molecule has 0 spiro atoms. The molecule has 31 heavy (non-hydrogen) atoms. The molecule has 9 heteroatoms. The Morgan fingerprint density at radius 1 is 1.23 bits per heavy atom. The van der Waals surface area contributed by atoms with Crippen molar-refractivity contribution in [2.45, 2.75) is 46.3 Å². The Kier molecular flexibility index (Phi) is 6.80. The zero-order valence-corrected chi connectivity index (χ0v) is 17.9. The number of carbonyl (C=O) groups excluding carboxylic acids is 1. The molecule has 2 aromatic rings. The predicted octanol–water partition coefficient (Wildman–Crippen LogP) is 1.58. The molecule has 2 heterocycles. The molecule has 1 aromatic carbocycles. The number of ether oxygens (including phenoxy) is 2. The topological polar surface area (TPSA) is 115 Å². The Morgan fingerprint density at radius 2 is 1.94 bits per heavy atom. The van der Waals surface area contributed by atoms with Crippen molar-refractivity contribution in [2.24, 2.45) is 5.92 Å². The van der Waals surface area contributed by atoms with Gasteiger partial charge in [0.2, 0.25) is 5.91 Å². The van der Waals surface area contributed by atoms with Crippen LogP contribution in [0.15, 0.2) is 34.0 Å². The highest BCUT2D eigenvalue weighted by molar-refractivity contribution is 5.76. The van der Waals surface area contributed by atoms with Gasteiger partial charge in [0.25, 0.3) is 5.56 Å². The molecule has 9 nitrogen and oxygen atoms in total. The van der Waals surface area contributed by atoms with Gasteiger partial charge in [0.1, 0.15) is 18.2 Å². The fraction of sp³-hybridized carbons (Fsp3) is 0.455. The first-order valence-corrected chi connectivity index (χ1v) is 10.3. The van der Waals surface area contributed by atoms with E-state index in [0.29, 0.717) is 24.7 Å². The lowest BCUT2D eigenvalue weighted by atomic mass is 9.95. The van der Waals surface area contributed by atoms with E-state index in [1.54, 1.807) is 13.0 Å². The summed E-state index contributed by atoms with van der Waals surface area (Å²) in [7, 11) is 0. The third-order valence-corrected chi connectivity index (χ3v) is 5.11. The molecular weight excluding hydrogens is 400 g/mol. The van der Waals surface area contributed by atoms with Crippen LogP contribution in [0.2, 0.25) is 0 Å². The molecule has 0 radical (unpaired) electrons. The largest absolute Gasteiger partial charge is 0.490 e. The number of amides is 1. The third-order valence-electron chi connectivity index (χ3n) is 5.11. The number of nitriles is 1. The Hall–Kier alpha value is -3.54. The number of benzene rings is 1. The third kappa shape index (κ3) is 4.79. The zero-order chi connectivity index (χ0) is 22.5. The van der Waals surface area contributed by atoms with Gasteiger partial charge in [-0.1, -0.05) is 19.9 Å². The highest BCUT2D eigenvalue weighted by Crippen LogP contribution is 2.34. The quantitative estimate of drug-likeness (QED) is 0.750. The summed E-state index contributed by atoms with van der Waals surface area (Å²) in [6.07, 6.45) is 2.01. The Balaban J connectivity index is 1.86. The van der Waals surface area contributed by atoms with Crippen molar-refractivity contribution >= 4 is 5.91 Å². The van der Waals surface area contributed by atoms with Gasteiger partial charge in [-0.25, -0.2) is 9.36 Å². The second-order valence-electron chi connectivity index (χ2n) is 7.66. The first-order valence-electron chi connectivity index (χ1n) is 10.3. The monoisotopic (exact) mass is 426 g/mol. The lowest BCUT2D eigenvalue weighted by Gasteiger charge is -2.24. The van der Waals surface area contributed by atoms with Crippen molar-refractivity contribution in [3.05, 3.63) is 56.4 Å². The van der Waals surface area contributed by atoms with Gasteiger partial charge in [-0.3, -0.25) is 14.2 Å². The summed E-state index contributed by atoms with van der Waals surface area (Å²) in [5, 5.41) is 12.1. The van der Waals surface area contributed by atoms with E-state index in [0.717, 1.165) is 16.6 Å². The predicted molar refractivity (Wildman–Crippen MR) is 113 cm³/mol. The summed E-state index contributed by atoms with van der Waals surface area (Å²) in [4.78, 5) is 37.7. The molecule has 164 valence electrons. The summed E-state index contributed by atoms with van der Waals surface area (Å²) in [5.41, 5.74) is -0.753. The van der Waals surface area contributed by atoms with Crippen LogP contribution in [-0.4, -0.2) is 28.3 Å². The molecule has 1 amide bonds. The Labute approximate surface area is 179 Å². The van der Waals surface area contributed by atoms with Crippen LogP contribution in [0.3, 0.4) is 0 Å². The Bertz CT molecular complexity index is 1130. The van der Waals surface area contributed by atoms with Crippen LogP contribution in [0.4, 0.5) is 0 Å². The standard InChI is InChI=1S/C22H26N4O5/c1-4-25-12-16(11-23)21(28)26(22(25)29)13-19(27)24-20(14(2)3)15-6-7-17-18(10-15)31-9-5-8-30-17/h6-7,10,12,14,20H,4-5,8-9,13H2,1-3H3,(H,24,27)/t20-/m0/s1. The maximum absolute atomic E-state index is 12.8. The molecule has 0 aliphatic carbocycles. The molecule has 0 saturated carbocycles. The SMILES string of the molecule is CCn1cc(C#N)c(=O)n(CC(=O)N[C@H](c2ccc3c(c2)OCCCO3)C(C)C)c1=O. The van der Waals surface area contributed by atoms with Crippen LogP contribution in [0.25, 0.3) is 0 Å². The molecule has 1 N–H and O–H groups in total. The highest BCUT2D eigenvalue weighted by Gasteiger charge is 2.22. The van der Waals surface area contributed by atoms with E-state index in [-0.39, 0.29) is 24.1 Å². The summed E-state index contributed by atoms with van der Waals surface area (Å²) < 4.78 is 13.4. The van der Waals surface area contributed by atoms with E-state index in [2.05, 4.69) is 5.32 Å². The second-order valence-corrected chi connectivity index (χ2v) is 7.66. The minimum Gasteiger partial charge on any atom is -0.490 e. The number of nitrogens with one attached hydrogen (secondary N) is 1. The van der Waals surface area contributed by atoms with E-state index in [1.807, 2.05) is 32.0 Å². The van der Waals surface area contributed by atoms with E-state index >= 15 is 0 Å². The molecule has 0 bridgehead atoms. The first kappa shape index (κ1) is 22.2. The van der Waals surface area contributed by atoms with E-state index in [9.17, 15) is 19.6 Å². The molecule has 1 atom stereocenters. The van der Waals surface area contributed by atoms with Gasteiger partial charge < -0.3 is 14.8 Å². The van der Waals surface area contributed by atoms with E-state index in [4.69, 9.17) is 9.47 Å². The summed E-state index contributed by atoms with van der Waals surface area (Å²) >= 11 is 0. The van der Waals surface area contributed by atoms with Crippen molar-refractivity contribution < 1.29 is 14.3 Å². The number of rotatable bonds is 6. The maximum atomic E-state index is 12.8. The fourth-order valence-corrected chi connectivity index (χ4v) is 3.47. The van der Waals surface area contributed by atoms with Crippen molar-refractivity contribution in [3.63, 3.8) is 0 Å². The Morgan fingerprint density at radius 3 is 2.58 bits per heavy atom. The number of hydrogen-bond donors (Lipinski definition) is 1. The first-order chi connectivity index (χ1) is 14.8. The second kappa shape index (κ2) is 9.51. The number of aromatic nitrogens is 2. The lowest BCUT2D eigenvalue weighted by molar-refractivity contribution is -0.122. The average Bonchev–Trinajstić information content (AvgIpc) is 3.00. The van der Waals surface area contributed by atoms with Crippen LogP contribution >= 0.6 is 0 Å². The summed E-state index contributed by atoms with van der Waals surface area (Å²) in [5.74, 6) is 0.819. The molecular formula is C22H26N4O5. The molecule has 0 unspecified atom stereocenters. The van der Waals surface area contributed by atoms with Crippen molar-refractivity contribution in [3.8, 4) is 17.6 Å². The molecule has 0 fully saturated rings. The summed E-state index contributed by atoms with van der Waals surface area (Å²) in [6.45, 7) is 6.58. The normalized spacial score (nSPS) is 13.9. The van der Waals surface area contributed by atoms with E-state index < -0.39 is 23.7 Å². The van der Waals surface area contributed by atoms with Crippen molar-refractivity contribution in [1.82, 2.24) is 14.5 Å². The van der Waals surface area contributed by atoms with Crippen LogP contribution in [-0.2, 0) is 17.9 Å². The van der Waals surface area contributed by atoms with Crippen LogP contribution in [0.1, 0.15) is 44.4 Å². The molecule has 1 aromatic heterocycles. The molecule has 0 saturated heterocycles. The van der Waals surface area contributed by atoms with E-state index in [1.165, 1.54) is 10.8 Å². The minimum atomic E-state index is -0.774. The van der Waals surface area contributed by atoms with Gasteiger partial charge in [-0.05, 0) is 30.5 Å². The van der Waals surface area contributed by atoms with Gasteiger partial charge in [0.15, 0.2) is 11.5 Å². The smallest absolute Gasteiger partial charge is 0.331 e. The maximum Gasteiger partial charge on any atom is 0.331 e. The van der Waals surface area contributed by atoms with Gasteiger partial charge in [0, 0.05) is 19.2 Å². The number of fused-ring (bicyclic) bond motifs is 1. The van der Waals surface area contributed by atoms with Gasteiger partial charge >= 0.3 is 5.69 Å².